The predicted molar refractivity (Wildman–Crippen MR) is 123 cm³/mol. The molecule has 1 N–H and O–H groups in total. The van der Waals surface area contributed by atoms with Gasteiger partial charge in [0.1, 0.15) is 11.4 Å². The Labute approximate surface area is 207 Å². The number of hydrogen-bond donors (Lipinski definition) is 1. The lowest BCUT2D eigenvalue weighted by Crippen LogP contribution is -2.43. The number of rotatable bonds is 8. The van der Waals surface area contributed by atoms with Gasteiger partial charge in [0.15, 0.2) is 6.61 Å². The molecule has 2 aromatic heterocycles. The number of ether oxygens (including phenoxy) is 1. The SMILES string of the molecule is Cc1cc(CC(=O)NC2CCC(F)(CCN3CCc4ccc(OCC(F)(F)F)nc4CC3)CC2)no1. The average Bonchev–Trinajstić information content (AvgIpc) is 3.11. The quantitative estimate of drug-likeness (QED) is 0.536. The van der Waals surface area contributed by atoms with Crippen LogP contribution in [-0.4, -0.2) is 65.1 Å². The van der Waals surface area contributed by atoms with Crippen LogP contribution in [0.1, 0.15) is 54.8 Å². The molecule has 0 unspecified atom stereocenters. The molecule has 1 aliphatic heterocycles. The smallest absolute Gasteiger partial charge is 0.422 e. The van der Waals surface area contributed by atoms with Crippen LogP contribution in [0.3, 0.4) is 0 Å². The van der Waals surface area contributed by atoms with E-state index in [4.69, 9.17) is 9.26 Å². The number of fused-ring (bicyclic) bond motifs is 1. The number of nitrogens with one attached hydrogen (secondary N) is 1. The molecule has 0 bridgehead atoms. The molecular formula is C25H32F4N4O3. The van der Waals surface area contributed by atoms with E-state index in [-0.39, 0.29) is 24.2 Å². The Morgan fingerprint density at radius 3 is 2.69 bits per heavy atom. The Morgan fingerprint density at radius 2 is 2.00 bits per heavy atom. The van der Waals surface area contributed by atoms with Crippen molar-refractivity contribution in [3.63, 3.8) is 0 Å². The van der Waals surface area contributed by atoms with Crippen LogP contribution in [0.5, 0.6) is 5.88 Å². The van der Waals surface area contributed by atoms with E-state index >= 15 is 4.39 Å². The van der Waals surface area contributed by atoms with Gasteiger partial charge in [-0.3, -0.25) is 4.79 Å². The number of pyridine rings is 1. The molecule has 1 fully saturated rings. The van der Waals surface area contributed by atoms with Gasteiger partial charge in [-0.2, -0.15) is 13.2 Å². The number of carbonyl (C=O) groups is 1. The van der Waals surface area contributed by atoms with Gasteiger partial charge in [-0.25, -0.2) is 9.37 Å². The first-order valence-corrected chi connectivity index (χ1v) is 12.4. The van der Waals surface area contributed by atoms with E-state index in [0.29, 0.717) is 69.5 Å². The maximum Gasteiger partial charge on any atom is 0.422 e. The summed E-state index contributed by atoms with van der Waals surface area (Å²) >= 11 is 0. The molecule has 11 heteroatoms. The monoisotopic (exact) mass is 512 g/mol. The van der Waals surface area contributed by atoms with Crippen LogP contribution in [-0.2, 0) is 24.1 Å². The topological polar surface area (TPSA) is 80.5 Å². The van der Waals surface area contributed by atoms with Crippen molar-refractivity contribution in [3.8, 4) is 5.88 Å². The number of carbonyl (C=O) groups excluding carboxylic acids is 1. The molecule has 0 radical (unpaired) electrons. The lowest BCUT2D eigenvalue weighted by molar-refractivity contribution is -0.154. The Morgan fingerprint density at radius 1 is 1.25 bits per heavy atom. The summed E-state index contributed by atoms with van der Waals surface area (Å²) in [5, 5.41) is 6.81. The summed E-state index contributed by atoms with van der Waals surface area (Å²) < 4.78 is 62.5. The number of alkyl halides is 4. The zero-order valence-electron chi connectivity index (χ0n) is 20.4. The highest BCUT2D eigenvalue weighted by Crippen LogP contribution is 2.35. The Bertz CT molecular complexity index is 1030. The summed E-state index contributed by atoms with van der Waals surface area (Å²) in [6.45, 7) is 2.41. The first-order valence-electron chi connectivity index (χ1n) is 12.4. The molecule has 198 valence electrons. The van der Waals surface area contributed by atoms with Crippen LogP contribution >= 0.6 is 0 Å². The number of nitrogens with zero attached hydrogens (tertiary/aromatic N) is 3. The Hall–Kier alpha value is -2.69. The van der Waals surface area contributed by atoms with E-state index in [9.17, 15) is 18.0 Å². The zero-order valence-corrected chi connectivity index (χ0v) is 20.4. The van der Waals surface area contributed by atoms with Gasteiger partial charge in [-0.1, -0.05) is 11.2 Å². The van der Waals surface area contributed by atoms with E-state index in [1.165, 1.54) is 6.07 Å². The van der Waals surface area contributed by atoms with Crippen LogP contribution in [0.4, 0.5) is 17.6 Å². The summed E-state index contributed by atoms with van der Waals surface area (Å²) in [5.41, 5.74) is 1.05. The van der Waals surface area contributed by atoms with Gasteiger partial charge in [0.25, 0.3) is 0 Å². The summed E-state index contributed by atoms with van der Waals surface area (Å²) in [6.07, 6.45) is -0.571. The number of halogens is 4. The van der Waals surface area contributed by atoms with Crippen LogP contribution in [0.2, 0.25) is 0 Å². The fourth-order valence-corrected chi connectivity index (χ4v) is 4.90. The summed E-state index contributed by atoms with van der Waals surface area (Å²) in [6, 6.07) is 4.93. The third-order valence-corrected chi connectivity index (χ3v) is 6.93. The maximum absolute atomic E-state index is 15.5. The van der Waals surface area contributed by atoms with E-state index in [1.807, 2.05) is 0 Å². The molecule has 7 nitrogen and oxygen atoms in total. The van der Waals surface area contributed by atoms with Crippen LogP contribution in [0, 0.1) is 6.92 Å². The van der Waals surface area contributed by atoms with E-state index in [2.05, 4.69) is 20.4 Å². The van der Waals surface area contributed by atoms with Gasteiger partial charge in [-0.15, -0.1) is 0 Å². The number of hydrogen-bond acceptors (Lipinski definition) is 6. The molecule has 4 rings (SSSR count). The Balaban J connectivity index is 1.19. The standard InChI is InChI=1S/C25H32F4N4O3/c1-17-14-20(32-36-17)15-22(34)30-19-4-8-24(26,9-5-19)10-13-33-11-6-18-2-3-23(31-21(18)7-12-33)35-16-25(27,28)29/h2-3,14,19H,4-13,15-16H2,1H3,(H,30,34). The molecule has 2 aliphatic rings. The molecule has 0 spiro atoms. The molecular weight excluding hydrogens is 480 g/mol. The minimum Gasteiger partial charge on any atom is -0.468 e. The number of aromatic nitrogens is 2. The highest BCUT2D eigenvalue weighted by molar-refractivity contribution is 5.78. The highest BCUT2D eigenvalue weighted by atomic mass is 19.4. The largest absolute Gasteiger partial charge is 0.468 e. The summed E-state index contributed by atoms with van der Waals surface area (Å²) in [7, 11) is 0. The second-order valence-corrected chi connectivity index (χ2v) is 9.85. The molecule has 2 aromatic rings. The van der Waals surface area contributed by atoms with E-state index in [0.717, 1.165) is 17.8 Å². The van der Waals surface area contributed by atoms with Crippen LogP contribution in [0.25, 0.3) is 0 Å². The van der Waals surface area contributed by atoms with Gasteiger partial charge in [0.05, 0.1) is 12.1 Å². The van der Waals surface area contributed by atoms with E-state index in [1.54, 1.807) is 19.1 Å². The molecule has 0 saturated heterocycles. The van der Waals surface area contributed by atoms with Crippen molar-refractivity contribution in [2.24, 2.45) is 0 Å². The van der Waals surface area contributed by atoms with Gasteiger partial charge in [-0.05, 0) is 51.0 Å². The lowest BCUT2D eigenvalue weighted by Gasteiger charge is -2.35. The van der Waals surface area contributed by atoms with Crippen molar-refractivity contribution < 1.29 is 31.6 Å². The van der Waals surface area contributed by atoms with Gasteiger partial charge < -0.3 is 19.5 Å². The predicted octanol–water partition coefficient (Wildman–Crippen LogP) is 4.12. The number of aryl methyl sites for hydroxylation is 1. The van der Waals surface area contributed by atoms with Crippen molar-refractivity contribution in [2.45, 2.75) is 76.2 Å². The van der Waals surface area contributed by atoms with Crippen LogP contribution in [0.15, 0.2) is 22.7 Å². The molecule has 0 aromatic carbocycles. The number of amides is 1. The fraction of sp³-hybridized carbons (Fsp3) is 0.640. The third kappa shape index (κ3) is 7.65. The van der Waals surface area contributed by atoms with Crippen molar-refractivity contribution in [1.29, 1.82) is 0 Å². The molecule has 1 amide bonds. The fourth-order valence-electron chi connectivity index (χ4n) is 4.90. The molecule has 1 aliphatic carbocycles. The minimum atomic E-state index is -4.41. The zero-order chi connectivity index (χ0) is 25.8. The van der Waals surface area contributed by atoms with E-state index < -0.39 is 18.5 Å². The molecule has 1 saturated carbocycles. The molecule has 0 atom stereocenters. The van der Waals surface area contributed by atoms with Crippen molar-refractivity contribution in [3.05, 3.63) is 40.9 Å². The van der Waals surface area contributed by atoms with Gasteiger partial charge in [0.2, 0.25) is 11.8 Å². The summed E-state index contributed by atoms with van der Waals surface area (Å²) in [5.74, 6) is 0.494. The normalized spacial score (nSPS) is 23.1. The van der Waals surface area contributed by atoms with Gasteiger partial charge in [0, 0.05) is 49.9 Å². The van der Waals surface area contributed by atoms with Crippen molar-refractivity contribution >= 4 is 5.91 Å². The van der Waals surface area contributed by atoms with Gasteiger partial charge >= 0.3 is 6.18 Å². The first-order chi connectivity index (χ1) is 17.1. The maximum atomic E-state index is 15.5. The lowest BCUT2D eigenvalue weighted by atomic mass is 9.81. The third-order valence-electron chi connectivity index (χ3n) is 6.93. The second-order valence-electron chi connectivity index (χ2n) is 9.85. The second kappa shape index (κ2) is 11.1. The van der Waals surface area contributed by atoms with Crippen molar-refractivity contribution in [2.75, 3.05) is 26.2 Å². The first kappa shape index (κ1) is 26.4. The molecule has 36 heavy (non-hydrogen) atoms. The van der Waals surface area contributed by atoms with Crippen LogP contribution < -0.4 is 10.1 Å². The Kier molecular flexibility index (Phi) is 8.17. The minimum absolute atomic E-state index is 0.0257. The average molecular weight is 513 g/mol. The highest BCUT2D eigenvalue weighted by Gasteiger charge is 2.36. The summed E-state index contributed by atoms with van der Waals surface area (Å²) in [4.78, 5) is 18.7. The molecule has 3 heterocycles. The van der Waals surface area contributed by atoms with Crippen molar-refractivity contribution in [1.82, 2.24) is 20.4 Å².